The minimum Gasteiger partial charge on any atom is -0.391 e. The first kappa shape index (κ1) is 20.8. The Bertz CT molecular complexity index is 605. The van der Waals surface area contributed by atoms with E-state index < -0.39 is 29.6 Å². The normalized spacial score (nSPS) is 26.8. The topological polar surface area (TPSA) is 116 Å². The van der Waals surface area contributed by atoms with Gasteiger partial charge >= 0.3 is 0 Å². The first-order valence-corrected chi connectivity index (χ1v) is 9.09. The van der Waals surface area contributed by atoms with Crippen molar-refractivity contribution >= 4 is 5.91 Å². The molecule has 6 N–H and O–H groups in total. The lowest BCUT2D eigenvalue weighted by atomic mass is 9.70. The molecule has 3 unspecified atom stereocenters. The van der Waals surface area contributed by atoms with Crippen molar-refractivity contribution in [2.24, 2.45) is 17.6 Å². The number of hydroxylamine groups is 1. The highest BCUT2D eigenvalue weighted by atomic mass is 19.1. The Kier molecular flexibility index (Phi) is 7.11. The maximum atomic E-state index is 13.3. The highest BCUT2D eigenvalue weighted by Gasteiger charge is 2.44. The van der Waals surface area contributed by atoms with Gasteiger partial charge in [-0.1, -0.05) is 19.1 Å². The van der Waals surface area contributed by atoms with Crippen LogP contribution in [-0.2, 0) is 11.2 Å². The minimum atomic E-state index is -1.28. The van der Waals surface area contributed by atoms with E-state index in [1.165, 1.54) is 12.1 Å². The average molecular weight is 368 g/mol. The zero-order chi connectivity index (χ0) is 19.3. The quantitative estimate of drug-likeness (QED) is 0.370. The van der Waals surface area contributed by atoms with Gasteiger partial charge < -0.3 is 15.9 Å². The van der Waals surface area contributed by atoms with Gasteiger partial charge in [0.25, 0.3) is 0 Å². The molecular formula is C19H29FN2O4. The van der Waals surface area contributed by atoms with Gasteiger partial charge in [-0.2, -0.15) is 0 Å². The summed E-state index contributed by atoms with van der Waals surface area (Å²) >= 11 is 0. The van der Waals surface area contributed by atoms with E-state index in [0.717, 1.165) is 12.8 Å². The molecular weight excluding hydrogens is 339 g/mol. The van der Waals surface area contributed by atoms with E-state index in [-0.39, 0.29) is 18.7 Å². The van der Waals surface area contributed by atoms with Crippen LogP contribution in [0.3, 0.4) is 0 Å². The Labute approximate surface area is 153 Å². The zero-order valence-corrected chi connectivity index (χ0v) is 15.1. The van der Waals surface area contributed by atoms with Crippen LogP contribution in [0.4, 0.5) is 4.39 Å². The molecule has 1 amide bonds. The first-order chi connectivity index (χ1) is 12.2. The predicted octanol–water partition coefficient (Wildman–Crippen LogP) is 1.51. The first-order valence-electron chi connectivity index (χ1n) is 9.09. The number of carbonyl (C=O) groups is 1. The lowest BCUT2D eigenvalue weighted by Gasteiger charge is -2.41. The molecule has 0 bridgehead atoms. The predicted molar refractivity (Wildman–Crippen MR) is 94.7 cm³/mol. The van der Waals surface area contributed by atoms with Gasteiger partial charge in [-0.05, 0) is 62.1 Å². The van der Waals surface area contributed by atoms with E-state index in [2.05, 4.69) is 6.92 Å². The van der Waals surface area contributed by atoms with Crippen LogP contribution in [-0.4, -0.2) is 39.1 Å². The highest BCUT2D eigenvalue weighted by molar-refractivity contribution is 5.78. The Balaban J connectivity index is 2.05. The molecule has 0 aromatic heterocycles. The molecule has 1 saturated carbocycles. The number of benzene rings is 1. The molecule has 2 rings (SSSR count). The van der Waals surface area contributed by atoms with E-state index in [1.807, 2.05) is 0 Å². The van der Waals surface area contributed by atoms with Crippen LogP contribution >= 0.6 is 0 Å². The number of rotatable bonds is 7. The second kappa shape index (κ2) is 8.90. The molecule has 0 saturated heterocycles. The number of nitrogens with one attached hydrogen (secondary N) is 1. The second-order valence-electron chi connectivity index (χ2n) is 7.62. The van der Waals surface area contributed by atoms with Crippen LogP contribution in [0.1, 0.15) is 44.6 Å². The lowest BCUT2D eigenvalue weighted by molar-refractivity contribution is -0.150. The Morgan fingerprint density at radius 3 is 2.65 bits per heavy atom. The van der Waals surface area contributed by atoms with Gasteiger partial charge in [-0.3, -0.25) is 10.0 Å². The highest BCUT2D eigenvalue weighted by Crippen LogP contribution is 2.39. The fourth-order valence-electron chi connectivity index (χ4n) is 3.75. The summed E-state index contributed by atoms with van der Waals surface area (Å²) in [5.74, 6) is -1.60. The molecule has 1 aliphatic rings. The summed E-state index contributed by atoms with van der Waals surface area (Å²) in [6.45, 7) is 2.09. The number of nitrogens with two attached hydrogens (primary N) is 1. The molecule has 7 heteroatoms. The summed E-state index contributed by atoms with van der Waals surface area (Å²) in [5, 5.41) is 30.5. The SMILES string of the molecule is CC1CCC(O)(C(CC(O)C(N)Cc2cccc(F)c2)C(=O)NO)CC1. The summed E-state index contributed by atoms with van der Waals surface area (Å²) in [7, 11) is 0. The summed E-state index contributed by atoms with van der Waals surface area (Å²) in [4.78, 5) is 12.1. The number of carbonyl (C=O) groups excluding carboxylic acids is 1. The molecule has 0 aliphatic heterocycles. The molecule has 1 aliphatic carbocycles. The number of amides is 1. The van der Waals surface area contributed by atoms with Gasteiger partial charge in [0.05, 0.1) is 17.6 Å². The molecule has 0 radical (unpaired) electrons. The third kappa shape index (κ3) is 5.23. The van der Waals surface area contributed by atoms with Gasteiger partial charge in [0.1, 0.15) is 5.82 Å². The Hall–Kier alpha value is -1.54. The number of aliphatic hydroxyl groups is 2. The zero-order valence-electron chi connectivity index (χ0n) is 15.1. The molecule has 6 nitrogen and oxygen atoms in total. The van der Waals surface area contributed by atoms with Crippen LogP contribution in [0, 0.1) is 17.7 Å². The van der Waals surface area contributed by atoms with Gasteiger partial charge in [0.15, 0.2) is 0 Å². The van der Waals surface area contributed by atoms with Gasteiger partial charge in [0, 0.05) is 6.04 Å². The van der Waals surface area contributed by atoms with Crippen molar-refractivity contribution in [3.63, 3.8) is 0 Å². The summed E-state index contributed by atoms with van der Waals surface area (Å²) in [6, 6.07) is 5.23. The maximum absolute atomic E-state index is 13.3. The van der Waals surface area contributed by atoms with E-state index >= 15 is 0 Å². The van der Waals surface area contributed by atoms with E-state index in [0.29, 0.717) is 24.3 Å². The Morgan fingerprint density at radius 1 is 1.42 bits per heavy atom. The summed E-state index contributed by atoms with van der Waals surface area (Å²) in [5.41, 5.74) is 7.00. The number of hydrogen-bond donors (Lipinski definition) is 5. The van der Waals surface area contributed by atoms with Crippen molar-refractivity contribution < 1.29 is 24.6 Å². The molecule has 0 heterocycles. The van der Waals surface area contributed by atoms with Crippen LogP contribution in [0.2, 0.25) is 0 Å². The molecule has 1 aromatic carbocycles. The van der Waals surface area contributed by atoms with E-state index in [9.17, 15) is 19.4 Å². The van der Waals surface area contributed by atoms with Crippen LogP contribution < -0.4 is 11.2 Å². The maximum Gasteiger partial charge on any atom is 0.249 e. The van der Waals surface area contributed by atoms with Gasteiger partial charge in [-0.15, -0.1) is 0 Å². The lowest BCUT2D eigenvalue weighted by Crippen LogP contribution is -2.51. The van der Waals surface area contributed by atoms with Crippen molar-refractivity contribution in [3.8, 4) is 0 Å². The monoisotopic (exact) mass is 368 g/mol. The van der Waals surface area contributed by atoms with Crippen LogP contribution in [0.15, 0.2) is 24.3 Å². The van der Waals surface area contributed by atoms with E-state index in [1.54, 1.807) is 17.6 Å². The Morgan fingerprint density at radius 2 is 2.08 bits per heavy atom. The van der Waals surface area contributed by atoms with Crippen LogP contribution in [0.5, 0.6) is 0 Å². The van der Waals surface area contributed by atoms with Crippen molar-refractivity contribution in [2.75, 3.05) is 0 Å². The molecule has 3 atom stereocenters. The summed E-state index contributed by atoms with van der Waals surface area (Å²) in [6.07, 6.45) is 1.49. The minimum absolute atomic E-state index is 0.0756. The van der Waals surface area contributed by atoms with Gasteiger partial charge in [0.2, 0.25) is 5.91 Å². The van der Waals surface area contributed by atoms with Crippen molar-refractivity contribution in [2.45, 2.75) is 63.2 Å². The second-order valence-corrected chi connectivity index (χ2v) is 7.62. The van der Waals surface area contributed by atoms with Gasteiger partial charge in [-0.25, -0.2) is 9.87 Å². The average Bonchev–Trinajstić information content (AvgIpc) is 2.61. The number of hydrogen-bond acceptors (Lipinski definition) is 5. The number of halogens is 1. The van der Waals surface area contributed by atoms with Crippen LogP contribution in [0.25, 0.3) is 0 Å². The molecule has 1 fully saturated rings. The molecule has 0 spiro atoms. The third-order valence-electron chi connectivity index (χ3n) is 5.55. The summed E-state index contributed by atoms with van der Waals surface area (Å²) < 4.78 is 13.3. The number of aliphatic hydroxyl groups excluding tert-OH is 1. The van der Waals surface area contributed by atoms with Crippen molar-refractivity contribution in [1.29, 1.82) is 0 Å². The molecule has 26 heavy (non-hydrogen) atoms. The standard InChI is InChI=1S/C19H29FN2O4/c1-12-5-7-19(25,8-6-12)15(18(24)22-26)11-17(23)16(21)10-13-3-2-4-14(20)9-13/h2-4,9,12,15-17,23,25-26H,5-8,10-11,21H2,1H3,(H,22,24). The fourth-order valence-corrected chi connectivity index (χ4v) is 3.75. The van der Waals surface area contributed by atoms with E-state index in [4.69, 9.17) is 10.9 Å². The largest absolute Gasteiger partial charge is 0.391 e. The third-order valence-corrected chi connectivity index (χ3v) is 5.55. The smallest absolute Gasteiger partial charge is 0.249 e. The fraction of sp³-hybridized carbons (Fsp3) is 0.632. The van der Waals surface area contributed by atoms with Crippen molar-refractivity contribution in [1.82, 2.24) is 5.48 Å². The van der Waals surface area contributed by atoms with Crippen molar-refractivity contribution in [3.05, 3.63) is 35.6 Å². The molecule has 1 aromatic rings. The molecule has 146 valence electrons.